The fraction of sp³-hybridized carbons (Fsp3) is 0.389. The highest BCUT2D eigenvalue weighted by Gasteiger charge is 2.20. The predicted molar refractivity (Wildman–Crippen MR) is 107 cm³/mol. The summed E-state index contributed by atoms with van der Waals surface area (Å²) in [5, 5.41) is 5.82. The minimum Gasteiger partial charge on any atom is -0.459 e. The summed E-state index contributed by atoms with van der Waals surface area (Å²) in [5.41, 5.74) is 0.350. The molecule has 0 aliphatic carbocycles. The number of H-pyrrole nitrogens is 1. The second-order valence-electron chi connectivity index (χ2n) is 6.00. The Balaban J connectivity index is 1.79. The van der Waals surface area contributed by atoms with Crippen molar-refractivity contribution in [2.75, 3.05) is 20.3 Å². The zero-order valence-corrected chi connectivity index (χ0v) is 17.0. The monoisotopic (exact) mass is 407 g/mol. The normalized spacial score (nSPS) is 12.4. The molecule has 9 heteroatoms. The molecule has 0 spiro atoms. The first-order chi connectivity index (χ1) is 13.0. The average Bonchev–Trinajstić information content (AvgIpc) is 3.28. The third kappa shape index (κ3) is 4.44. The van der Waals surface area contributed by atoms with E-state index in [-0.39, 0.29) is 18.2 Å². The smallest absolute Gasteiger partial charge is 0.348 e. The SMILES string of the molecule is COCCOC(=O)c1sc2nc(CN[C@@H](C)c3cccs3)[nH]c(=O)c2c1C. The highest BCUT2D eigenvalue weighted by atomic mass is 32.1. The van der Waals surface area contributed by atoms with Crippen LogP contribution in [0.3, 0.4) is 0 Å². The maximum absolute atomic E-state index is 12.5. The van der Waals surface area contributed by atoms with E-state index in [0.717, 1.165) is 0 Å². The third-order valence-corrected chi connectivity index (χ3v) is 6.32. The quantitative estimate of drug-likeness (QED) is 0.440. The molecule has 3 heterocycles. The number of thiophene rings is 2. The Morgan fingerprint density at radius 2 is 2.22 bits per heavy atom. The molecule has 7 nitrogen and oxygen atoms in total. The summed E-state index contributed by atoms with van der Waals surface area (Å²) in [6.45, 7) is 4.72. The van der Waals surface area contributed by atoms with Gasteiger partial charge in [-0.2, -0.15) is 0 Å². The summed E-state index contributed by atoms with van der Waals surface area (Å²) in [6.07, 6.45) is 0. The number of hydrogen-bond acceptors (Lipinski definition) is 8. The molecular weight excluding hydrogens is 386 g/mol. The molecule has 3 aromatic heterocycles. The molecular formula is C18H21N3O4S2. The van der Waals surface area contributed by atoms with Crippen molar-refractivity contribution >= 4 is 38.9 Å². The fourth-order valence-electron chi connectivity index (χ4n) is 2.64. The highest BCUT2D eigenvalue weighted by Crippen LogP contribution is 2.27. The molecule has 0 aliphatic rings. The van der Waals surface area contributed by atoms with Gasteiger partial charge in [0.1, 0.15) is 22.1 Å². The van der Waals surface area contributed by atoms with Gasteiger partial charge < -0.3 is 19.8 Å². The molecule has 1 atom stereocenters. The van der Waals surface area contributed by atoms with Crippen LogP contribution in [0.15, 0.2) is 22.3 Å². The van der Waals surface area contributed by atoms with Crippen molar-refractivity contribution in [3.8, 4) is 0 Å². The Labute approximate surface area is 164 Å². The molecule has 2 N–H and O–H groups in total. The number of aromatic nitrogens is 2. The number of methoxy groups -OCH3 is 1. The van der Waals surface area contributed by atoms with Crippen LogP contribution in [0.1, 0.15) is 38.9 Å². The molecule has 0 amide bonds. The van der Waals surface area contributed by atoms with E-state index in [1.54, 1.807) is 18.3 Å². The van der Waals surface area contributed by atoms with Gasteiger partial charge in [-0.05, 0) is 30.9 Å². The van der Waals surface area contributed by atoms with Crippen molar-refractivity contribution in [1.82, 2.24) is 15.3 Å². The van der Waals surface area contributed by atoms with Crippen molar-refractivity contribution in [1.29, 1.82) is 0 Å². The van der Waals surface area contributed by atoms with Crippen LogP contribution in [0.2, 0.25) is 0 Å². The first kappa shape index (κ1) is 19.7. The third-order valence-electron chi connectivity index (χ3n) is 4.10. The number of rotatable bonds is 8. The molecule has 0 aliphatic heterocycles. The number of hydrogen-bond donors (Lipinski definition) is 2. The topological polar surface area (TPSA) is 93.3 Å². The number of nitrogens with zero attached hydrogens (tertiary/aromatic N) is 1. The van der Waals surface area contributed by atoms with Gasteiger partial charge in [0.25, 0.3) is 5.56 Å². The second kappa shape index (κ2) is 8.75. The summed E-state index contributed by atoms with van der Waals surface area (Å²) in [7, 11) is 1.54. The van der Waals surface area contributed by atoms with Crippen LogP contribution in [-0.4, -0.2) is 36.3 Å². The molecule has 144 valence electrons. The standard InChI is InChI=1S/C18H21N3O4S2/c1-10-14-16(22)20-13(9-19-11(2)12-5-4-8-26-12)21-17(14)27-15(10)18(23)25-7-6-24-3/h4-5,8,11,19H,6-7,9H2,1-3H3,(H,20,21,22)/t11-/m0/s1. The first-order valence-corrected chi connectivity index (χ1v) is 10.2. The second-order valence-corrected chi connectivity index (χ2v) is 7.97. The van der Waals surface area contributed by atoms with Crippen LogP contribution >= 0.6 is 22.7 Å². The molecule has 3 aromatic rings. The lowest BCUT2D eigenvalue weighted by Gasteiger charge is -2.11. The minimum absolute atomic E-state index is 0.155. The fourth-order valence-corrected chi connectivity index (χ4v) is 4.49. The predicted octanol–water partition coefficient (Wildman–Crippen LogP) is 3.01. The van der Waals surface area contributed by atoms with E-state index in [9.17, 15) is 9.59 Å². The van der Waals surface area contributed by atoms with Crippen molar-refractivity contribution in [3.63, 3.8) is 0 Å². The molecule has 0 unspecified atom stereocenters. The average molecular weight is 408 g/mol. The van der Waals surface area contributed by atoms with Gasteiger partial charge in [-0.3, -0.25) is 4.79 Å². The number of ether oxygens (including phenoxy) is 2. The van der Waals surface area contributed by atoms with Crippen molar-refractivity contribution in [2.45, 2.75) is 26.4 Å². The number of carbonyl (C=O) groups excluding carboxylic acids is 1. The molecule has 0 fully saturated rings. The zero-order valence-electron chi connectivity index (χ0n) is 15.3. The van der Waals surface area contributed by atoms with Gasteiger partial charge in [-0.15, -0.1) is 22.7 Å². The largest absolute Gasteiger partial charge is 0.459 e. The van der Waals surface area contributed by atoms with Crippen LogP contribution in [0.5, 0.6) is 0 Å². The number of aryl methyl sites for hydroxylation is 1. The lowest BCUT2D eigenvalue weighted by Crippen LogP contribution is -2.21. The minimum atomic E-state index is -0.460. The lowest BCUT2D eigenvalue weighted by molar-refractivity contribution is 0.0393. The first-order valence-electron chi connectivity index (χ1n) is 8.46. The zero-order chi connectivity index (χ0) is 19.4. The van der Waals surface area contributed by atoms with Gasteiger partial charge >= 0.3 is 5.97 Å². The molecule has 0 saturated heterocycles. The Hall–Kier alpha value is -2.07. The van der Waals surface area contributed by atoms with Crippen LogP contribution in [0.25, 0.3) is 10.2 Å². The summed E-state index contributed by atoms with van der Waals surface area (Å²) in [5.74, 6) is 0.0781. The molecule has 3 rings (SSSR count). The molecule has 0 aromatic carbocycles. The molecule has 0 saturated carbocycles. The molecule has 0 radical (unpaired) electrons. The van der Waals surface area contributed by atoms with E-state index in [0.29, 0.717) is 39.6 Å². The maximum Gasteiger partial charge on any atom is 0.348 e. The molecule has 0 bridgehead atoms. The summed E-state index contributed by atoms with van der Waals surface area (Å²) in [6, 6.07) is 4.22. The number of carbonyl (C=O) groups is 1. The van der Waals surface area contributed by atoms with Crippen LogP contribution < -0.4 is 10.9 Å². The van der Waals surface area contributed by atoms with Crippen LogP contribution in [-0.2, 0) is 16.0 Å². The number of nitrogens with one attached hydrogen (secondary N) is 2. The lowest BCUT2D eigenvalue weighted by atomic mass is 10.2. The Kier molecular flexibility index (Phi) is 6.38. The van der Waals surface area contributed by atoms with Gasteiger partial charge in [-0.1, -0.05) is 6.07 Å². The summed E-state index contributed by atoms with van der Waals surface area (Å²) < 4.78 is 10.0. The molecule has 27 heavy (non-hydrogen) atoms. The van der Waals surface area contributed by atoms with Crippen LogP contribution in [0, 0.1) is 6.92 Å². The van der Waals surface area contributed by atoms with Gasteiger partial charge in [-0.25, -0.2) is 9.78 Å². The van der Waals surface area contributed by atoms with Gasteiger partial charge in [0.15, 0.2) is 0 Å². The van der Waals surface area contributed by atoms with Crippen molar-refractivity contribution < 1.29 is 14.3 Å². The summed E-state index contributed by atoms with van der Waals surface area (Å²) >= 11 is 2.85. The Morgan fingerprint density at radius 1 is 1.41 bits per heavy atom. The van der Waals surface area contributed by atoms with Crippen molar-refractivity contribution in [2.24, 2.45) is 0 Å². The van der Waals surface area contributed by atoms with Gasteiger partial charge in [0, 0.05) is 18.0 Å². The Bertz CT molecular complexity index is 979. The van der Waals surface area contributed by atoms with Gasteiger partial charge in [0.05, 0.1) is 18.5 Å². The maximum atomic E-state index is 12.5. The highest BCUT2D eigenvalue weighted by molar-refractivity contribution is 7.20. The summed E-state index contributed by atoms with van der Waals surface area (Å²) in [4.78, 5) is 34.2. The Morgan fingerprint density at radius 3 is 2.93 bits per heavy atom. The number of fused-ring (bicyclic) bond motifs is 1. The van der Waals surface area contributed by atoms with Gasteiger partial charge in [0.2, 0.25) is 0 Å². The van der Waals surface area contributed by atoms with Crippen LogP contribution in [0.4, 0.5) is 0 Å². The van der Waals surface area contributed by atoms with E-state index in [2.05, 4.69) is 28.3 Å². The number of esters is 1. The van der Waals surface area contributed by atoms with E-state index in [1.807, 2.05) is 11.4 Å². The van der Waals surface area contributed by atoms with E-state index < -0.39 is 5.97 Å². The van der Waals surface area contributed by atoms with E-state index >= 15 is 0 Å². The van der Waals surface area contributed by atoms with E-state index in [1.165, 1.54) is 23.3 Å². The van der Waals surface area contributed by atoms with E-state index in [4.69, 9.17) is 9.47 Å². The van der Waals surface area contributed by atoms with Crippen molar-refractivity contribution in [3.05, 3.63) is 49.0 Å². The number of aromatic amines is 1.